The first-order chi connectivity index (χ1) is 8.81. The van der Waals surface area contributed by atoms with E-state index in [4.69, 9.17) is 5.11 Å². The second-order valence-corrected chi connectivity index (χ2v) is 5.77. The number of carbonyl (C=O) groups excluding carboxylic acids is 1. The van der Waals surface area contributed by atoms with Crippen LogP contribution in [-0.4, -0.2) is 66.7 Å². The number of aliphatic carboxylic acids is 1. The summed E-state index contributed by atoms with van der Waals surface area (Å²) in [7, 11) is 3.99. The molecule has 0 aliphatic carbocycles. The lowest BCUT2D eigenvalue weighted by Crippen LogP contribution is -2.43. The van der Waals surface area contributed by atoms with Crippen LogP contribution in [0.5, 0.6) is 0 Å². The molecule has 2 amide bonds. The Hall–Kier alpha value is -1.30. The predicted octanol–water partition coefficient (Wildman–Crippen LogP) is 0.689. The van der Waals surface area contributed by atoms with Crippen LogP contribution in [0.2, 0.25) is 0 Å². The number of likely N-dealkylation sites (tertiary alicyclic amines) is 1. The van der Waals surface area contributed by atoms with Crippen LogP contribution >= 0.6 is 0 Å². The van der Waals surface area contributed by atoms with Crippen molar-refractivity contribution in [2.75, 3.05) is 33.7 Å². The van der Waals surface area contributed by atoms with E-state index in [1.807, 2.05) is 27.9 Å². The predicted molar refractivity (Wildman–Crippen MR) is 73.0 cm³/mol. The molecule has 1 saturated heterocycles. The molecule has 0 radical (unpaired) electrons. The van der Waals surface area contributed by atoms with E-state index >= 15 is 0 Å². The van der Waals surface area contributed by atoms with Crippen LogP contribution < -0.4 is 5.32 Å². The first-order valence-electron chi connectivity index (χ1n) is 6.74. The quantitative estimate of drug-likeness (QED) is 0.771. The summed E-state index contributed by atoms with van der Waals surface area (Å²) < 4.78 is 0. The van der Waals surface area contributed by atoms with Crippen molar-refractivity contribution in [2.24, 2.45) is 11.8 Å². The minimum absolute atomic E-state index is 0.0142. The monoisotopic (exact) mass is 271 g/mol. The lowest BCUT2D eigenvalue weighted by atomic mass is 9.99. The van der Waals surface area contributed by atoms with Crippen molar-refractivity contribution in [2.45, 2.75) is 26.3 Å². The molecule has 3 unspecified atom stereocenters. The van der Waals surface area contributed by atoms with Crippen molar-refractivity contribution in [1.82, 2.24) is 15.1 Å². The third-order valence-corrected chi connectivity index (χ3v) is 3.60. The number of nitrogens with zero attached hydrogens (tertiary/aromatic N) is 2. The Morgan fingerprint density at radius 1 is 1.42 bits per heavy atom. The van der Waals surface area contributed by atoms with Gasteiger partial charge in [0, 0.05) is 19.1 Å². The van der Waals surface area contributed by atoms with Crippen molar-refractivity contribution >= 4 is 12.0 Å². The summed E-state index contributed by atoms with van der Waals surface area (Å²) in [6.45, 7) is 5.58. The fourth-order valence-corrected chi connectivity index (χ4v) is 2.28. The Labute approximate surface area is 114 Å². The molecule has 1 fully saturated rings. The van der Waals surface area contributed by atoms with E-state index in [1.54, 1.807) is 4.90 Å². The molecule has 0 aromatic rings. The number of carboxylic acid groups (broad SMARTS) is 1. The van der Waals surface area contributed by atoms with Crippen molar-refractivity contribution < 1.29 is 14.7 Å². The zero-order valence-corrected chi connectivity index (χ0v) is 12.2. The molecule has 1 heterocycles. The number of hydrogen-bond donors (Lipinski definition) is 2. The minimum atomic E-state index is -0.816. The van der Waals surface area contributed by atoms with Gasteiger partial charge in [0.15, 0.2) is 0 Å². The van der Waals surface area contributed by atoms with Crippen LogP contribution in [0.3, 0.4) is 0 Å². The molecule has 0 aromatic heterocycles. The normalized spacial score (nSPS) is 24.6. The zero-order chi connectivity index (χ0) is 14.6. The largest absolute Gasteiger partial charge is 0.481 e. The van der Waals surface area contributed by atoms with Gasteiger partial charge in [-0.3, -0.25) is 4.79 Å². The van der Waals surface area contributed by atoms with E-state index in [-0.39, 0.29) is 18.0 Å². The van der Waals surface area contributed by atoms with Crippen molar-refractivity contribution in [3.8, 4) is 0 Å². The Bertz CT molecular complexity index is 333. The Kier molecular flexibility index (Phi) is 5.60. The summed E-state index contributed by atoms with van der Waals surface area (Å²) in [5.74, 6) is -1.24. The molecular formula is C13H25N3O3. The second-order valence-electron chi connectivity index (χ2n) is 5.77. The second kappa shape index (κ2) is 6.75. The van der Waals surface area contributed by atoms with Gasteiger partial charge in [-0.05, 0) is 39.9 Å². The molecule has 6 heteroatoms. The average molecular weight is 271 g/mol. The van der Waals surface area contributed by atoms with Gasteiger partial charge in [-0.15, -0.1) is 0 Å². The van der Waals surface area contributed by atoms with Crippen LogP contribution in [0.15, 0.2) is 0 Å². The average Bonchev–Trinajstić information content (AvgIpc) is 2.69. The van der Waals surface area contributed by atoms with Crippen LogP contribution in [0.1, 0.15) is 20.3 Å². The van der Waals surface area contributed by atoms with Crippen LogP contribution in [0.25, 0.3) is 0 Å². The number of urea groups is 1. The van der Waals surface area contributed by atoms with Gasteiger partial charge in [0.25, 0.3) is 0 Å². The summed E-state index contributed by atoms with van der Waals surface area (Å²) in [6.07, 6.45) is 0.879. The smallest absolute Gasteiger partial charge is 0.317 e. The molecule has 110 valence electrons. The third-order valence-electron chi connectivity index (χ3n) is 3.60. The molecule has 1 aliphatic rings. The van der Waals surface area contributed by atoms with Crippen molar-refractivity contribution in [3.05, 3.63) is 0 Å². The maximum Gasteiger partial charge on any atom is 0.317 e. The molecule has 1 aliphatic heterocycles. The fraction of sp³-hybridized carbons (Fsp3) is 0.846. The highest BCUT2D eigenvalue weighted by Crippen LogP contribution is 2.23. The lowest BCUT2D eigenvalue weighted by Gasteiger charge is -2.21. The van der Waals surface area contributed by atoms with Gasteiger partial charge >= 0.3 is 12.0 Å². The number of carboxylic acids is 1. The summed E-state index contributed by atoms with van der Waals surface area (Å²) in [6, 6.07) is -0.0593. The number of rotatable bonds is 5. The van der Waals surface area contributed by atoms with Gasteiger partial charge in [0.05, 0.1) is 5.92 Å². The molecule has 0 aromatic carbocycles. The van der Waals surface area contributed by atoms with Gasteiger partial charge in [-0.2, -0.15) is 0 Å². The highest BCUT2D eigenvalue weighted by molar-refractivity contribution is 5.77. The molecule has 0 saturated carbocycles. The van der Waals surface area contributed by atoms with Gasteiger partial charge in [-0.25, -0.2) is 4.79 Å². The van der Waals surface area contributed by atoms with E-state index in [0.717, 1.165) is 13.0 Å². The van der Waals surface area contributed by atoms with Gasteiger partial charge in [0.2, 0.25) is 0 Å². The third kappa shape index (κ3) is 4.70. The number of carbonyl (C=O) groups is 2. The summed E-state index contributed by atoms with van der Waals surface area (Å²) >= 11 is 0. The minimum Gasteiger partial charge on any atom is -0.481 e. The summed E-state index contributed by atoms with van der Waals surface area (Å²) in [5.41, 5.74) is 0. The topological polar surface area (TPSA) is 72.9 Å². The molecule has 6 nitrogen and oxygen atoms in total. The highest BCUT2D eigenvalue weighted by atomic mass is 16.4. The van der Waals surface area contributed by atoms with E-state index in [9.17, 15) is 9.59 Å². The fourth-order valence-electron chi connectivity index (χ4n) is 2.28. The van der Waals surface area contributed by atoms with Gasteiger partial charge < -0.3 is 20.2 Å². The van der Waals surface area contributed by atoms with Crippen LogP contribution in [0.4, 0.5) is 4.79 Å². The Morgan fingerprint density at radius 2 is 2.05 bits per heavy atom. The van der Waals surface area contributed by atoms with Crippen molar-refractivity contribution in [3.63, 3.8) is 0 Å². The lowest BCUT2D eigenvalue weighted by molar-refractivity contribution is -0.142. The molecule has 3 atom stereocenters. The maximum atomic E-state index is 12.0. The van der Waals surface area contributed by atoms with Crippen LogP contribution in [0, 0.1) is 11.8 Å². The Balaban J connectivity index is 2.40. The number of nitrogens with one attached hydrogen (secondary N) is 1. The molecule has 2 N–H and O–H groups in total. The van der Waals surface area contributed by atoms with Gasteiger partial charge in [-0.1, -0.05) is 6.92 Å². The molecule has 0 spiro atoms. The summed E-state index contributed by atoms with van der Waals surface area (Å²) in [5, 5.41) is 12.0. The van der Waals surface area contributed by atoms with E-state index < -0.39 is 11.9 Å². The van der Waals surface area contributed by atoms with E-state index in [1.165, 1.54) is 0 Å². The summed E-state index contributed by atoms with van der Waals surface area (Å²) in [4.78, 5) is 26.7. The number of hydrogen-bond acceptors (Lipinski definition) is 3. The van der Waals surface area contributed by atoms with Gasteiger partial charge in [0.1, 0.15) is 0 Å². The standard InChI is InChI=1S/C13H25N3O3/c1-9-7-16(8-11(9)12(17)18)13(19)14-10(2)5-6-15(3)4/h9-11H,5-8H2,1-4H3,(H,14,19)(H,17,18). The number of amides is 2. The van der Waals surface area contributed by atoms with Crippen LogP contribution in [-0.2, 0) is 4.79 Å². The molecule has 19 heavy (non-hydrogen) atoms. The Morgan fingerprint density at radius 3 is 2.53 bits per heavy atom. The van der Waals surface area contributed by atoms with E-state index in [2.05, 4.69) is 10.2 Å². The maximum absolute atomic E-state index is 12.0. The van der Waals surface area contributed by atoms with Crippen molar-refractivity contribution in [1.29, 1.82) is 0 Å². The molecule has 0 bridgehead atoms. The SMILES string of the molecule is CC(CCN(C)C)NC(=O)N1CC(C)C(C(=O)O)C1. The zero-order valence-electron chi connectivity index (χ0n) is 12.2. The molecule has 1 rings (SSSR count). The van der Waals surface area contributed by atoms with E-state index in [0.29, 0.717) is 13.1 Å². The highest BCUT2D eigenvalue weighted by Gasteiger charge is 2.37. The first-order valence-corrected chi connectivity index (χ1v) is 6.74. The molecular weight excluding hydrogens is 246 g/mol. The first kappa shape index (κ1) is 15.8.